The lowest BCUT2D eigenvalue weighted by atomic mass is 9.95. The van der Waals surface area contributed by atoms with Crippen LogP contribution in [0.1, 0.15) is 27.7 Å². The molecule has 1 aromatic heterocycles. The molecule has 0 amide bonds. The maximum Gasteiger partial charge on any atom is 0.0897 e. The average Bonchev–Trinajstić information content (AvgIpc) is 2.73. The first-order valence-corrected chi connectivity index (χ1v) is 6.65. The number of hydrogen-bond acceptors (Lipinski definition) is 3. The van der Waals surface area contributed by atoms with Crippen LogP contribution < -0.4 is 0 Å². The largest absolute Gasteiger partial charge is 0.396 e. The van der Waals surface area contributed by atoms with E-state index in [0.717, 1.165) is 17.1 Å². The van der Waals surface area contributed by atoms with Crippen LogP contribution in [0.4, 0.5) is 0 Å². The highest BCUT2D eigenvalue weighted by Crippen LogP contribution is 2.21. The highest BCUT2D eigenvalue weighted by atomic mass is 32.1. The summed E-state index contributed by atoms with van der Waals surface area (Å²) in [6, 6.07) is 8.36. The van der Waals surface area contributed by atoms with Crippen molar-refractivity contribution >= 4 is 11.3 Å². The molecule has 90 valence electrons. The standard InChI is InChI=1S/C14H17NOS/c1-10-3-5-12(6-4-10)13(8-16)7-14-9-17-11(2)15-14/h3-6,9,13,16H,7-8H2,1-2H3. The predicted molar refractivity (Wildman–Crippen MR) is 71.6 cm³/mol. The van der Waals surface area contributed by atoms with Gasteiger partial charge in [0.2, 0.25) is 0 Å². The first-order valence-electron chi connectivity index (χ1n) is 5.77. The Morgan fingerprint density at radius 1 is 1.24 bits per heavy atom. The zero-order chi connectivity index (χ0) is 12.3. The average molecular weight is 247 g/mol. The van der Waals surface area contributed by atoms with E-state index in [2.05, 4.69) is 41.6 Å². The van der Waals surface area contributed by atoms with Gasteiger partial charge in [-0.25, -0.2) is 4.98 Å². The van der Waals surface area contributed by atoms with Crippen LogP contribution in [0.2, 0.25) is 0 Å². The maximum atomic E-state index is 9.49. The number of aromatic nitrogens is 1. The van der Waals surface area contributed by atoms with Crippen molar-refractivity contribution in [2.24, 2.45) is 0 Å². The highest BCUT2D eigenvalue weighted by Gasteiger charge is 2.12. The molecule has 0 aliphatic heterocycles. The first kappa shape index (κ1) is 12.3. The zero-order valence-corrected chi connectivity index (χ0v) is 11.0. The van der Waals surface area contributed by atoms with Gasteiger partial charge < -0.3 is 5.11 Å². The Balaban J connectivity index is 2.13. The molecule has 2 nitrogen and oxygen atoms in total. The number of aliphatic hydroxyl groups excluding tert-OH is 1. The van der Waals surface area contributed by atoms with Crippen LogP contribution >= 0.6 is 11.3 Å². The summed E-state index contributed by atoms with van der Waals surface area (Å²) >= 11 is 1.66. The van der Waals surface area contributed by atoms with Gasteiger partial charge in [-0.15, -0.1) is 11.3 Å². The predicted octanol–water partition coefficient (Wildman–Crippen LogP) is 3.08. The van der Waals surface area contributed by atoms with Crippen molar-refractivity contribution in [2.75, 3.05) is 6.61 Å². The van der Waals surface area contributed by atoms with Gasteiger partial charge in [0, 0.05) is 11.3 Å². The van der Waals surface area contributed by atoms with Crippen molar-refractivity contribution in [3.63, 3.8) is 0 Å². The lowest BCUT2D eigenvalue weighted by Crippen LogP contribution is -2.08. The molecule has 0 aliphatic rings. The first-order chi connectivity index (χ1) is 8.19. The summed E-state index contributed by atoms with van der Waals surface area (Å²) in [6.45, 7) is 4.25. The molecule has 0 saturated heterocycles. The lowest BCUT2D eigenvalue weighted by molar-refractivity contribution is 0.264. The van der Waals surface area contributed by atoms with Crippen LogP contribution in [0.25, 0.3) is 0 Å². The summed E-state index contributed by atoms with van der Waals surface area (Å²) in [7, 11) is 0. The van der Waals surface area contributed by atoms with E-state index in [-0.39, 0.29) is 12.5 Å². The summed E-state index contributed by atoms with van der Waals surface area (Å²) < 4.78 is 0. The third kappa shape index (κ3) is 3.14. The second kappa shape index (κ2) is 5.43. The van der Waals surface area contributed by atoms with Gasteiger partial charge in [-0.05, 0) is 25.8 Å². The summed E-state index contributed by atoms with van der Waals surface area (Å²) in [5.41, 5.74) is 3.51. The minimum atomic E-state index is 0.150. The molecule has 0 spiro atoms. The molecule has 17 heavy (non-hydrogen) atoms. The van der Waals surface area contributed by atoms with Crippen molar-refractivity contribution < 1.29 is 5.11 Å². The van der Waals surface area contributed by atoms with Crippen LogP contribution in [0.5, 0.6) is 0 Å². The van der Waals surface area contributed by atoms with Crippen LogP contribution in [-0.4, -0.2) is 16.7 Å². The van der Waals surface area contributed by atoms with E-state index in [0.29, 0.717) is 0 Å². The van der Waals surface area contributed by atoms with Gasteiger partial charge in [0.1, 0.15) is 0 Å². The van der Waals surface area contributed by atoms with E-state index in [1.807, 2.05) is 6.92 Å². The van der Waals surface area contributed by atoms with Gasteiger partial charge in [0.05, 0.1) is 17.3 Å². The molecule has 0 saturated carbocycles. The third-order valence-electron chi connectivity index (χ3n) is 2.89. The maximum absolute atomic E-state index is 9.49. The van der Waals surface area contributed by atoms with Crippen molar-refractivity contribution in [1.29, 1.82) is 0 Å². The molecular formula is C14H17NOS. The molecule has 1 N–H and O–H groups in total. The van der Waals surface area contributed by atoms with Crippen LogP contribution in [0, 0.1) is 13.8 Å². The van der Waals surface area contributed by atoms with E-state index in [1.54, 1.807) is 11.3 Å². The summed E-state index contributed by atoms with van der Waals surface area (Å²) in [4.78, 5) is 4.45. The van der Waals surface area contributed by atoms with Crippen molar-refractivity contribution in [1.82, 2.24) is 4.98 Å². The van der Waals surface area contributed by atoms with E-state index >= 15 is 0 Å². The second-order valence-electron chi connectivity index (χ2n) is 4.35. The Hall–Kier alpha value is -1.19. The Morgan fingerprint density at radius 2 is 1.94 bits per heavy atom. The van der Waals surface area contributed by atoms with E-state index in [1.165, 1.54) is 11.1 Å². The van der Waals surface area contributed by atoms with Crippen LogP contribution in [0.15, 0.2) is 29.6 Å². The van der Waals surface area contributed by atoms with Gasteiger partial charge in [-0.2, -0.15) is 0 Å². The highest BCUT2D eigenvalue weighted by molar-refractivity contribution is 7.09. The van der Waals surface area contributed by atoms with Crippen LogP contribution in [-0.2, 0) is 6.42 Å². The molecule has 3 heteroatoms. The van der Waals surface area contributed by atoms with Crippen molar-refractivity contribution in [3.05, 3.63) is 51.5 Å². The quantitative estimate of drug-likeness (QED) is 0.900. The number of rotatable bonds is 4. The Labute approximate surface area is 106 Å². The fourth-order valence-electron chi connectivity index (χ4n) is 1.88. The monoisotopic (exact) mass is 247 g/mol. The fraction of sp³-hybridized carbons (Fsp3) is 0.357. The molecule has 2 aromatic rings. The van der Waals surface area contributed by atoms with E-state index < -0.39 is 0 Å². The molecule has 0 bridgehead atoms. The topological polar surface area (TPSA) is 33.1 Å². The molecule has 1 atom stereocenters. The SMILES string of the molecule is Cc1ccc(C(CO)Cc2csc(C)n2)cc1. The molecule has 2 rings (SSSR count). The van der Waals surface area contributed by atoms with Gasteiger partial charge in [-0.3, -0.25) is 0 Å². The molecule has 0 radical (unpaired) electrons. The Bertz CT molecular complexity index is 475. The third-order valence-corrected chi connectivity index (χ3v) is 3.71. The van der Waals surface area contributed by atoms with E-state index in [9.17, 15) is 5.11 Å². The smallest absolute Gasteiger partial charge is 0.0897 e. The number of benzene rings is 1. The van der Waals surface area contributed by atoms with Crippen molar-refractivity contribution in [3.8, 4) is 0 Å². The lowest BCUT2D eigenvalue weighted by Gasteiger charge is -2.13. The molecular weight excluding hydrogens is 230 g/mol. The summed E-state index contributed by atoms with van der Waals surface area (Å²) in [5, 5.41) is 12.7. The molecule has 0 aliphatic carbocycles. The zero-order valence-electron chi connectivity index (χ0n) is 10.2. The van der Waals surface area contributed by atoms with Gasteiger partial charge in [0.25, 0.3) is 0 Å². The number of nitrogens with zero attached hydrogens (tertiary/aromatic N) is 1. The summed E-state index contributed by atoms with van der Waals surface area (Å²) in [5.74, 6) is 0.150. The number of aliphatic hydroxyl groups is 1. The number of aryl methyl sites for hydroxylation is 2. The Kier molecular flexibility index (Phi) is 3.92. The number of hydrogen-bond donors (Lipinski definition) is 1. The minimum absolute atomic E-state index is 0.150. The fourth-order valence-corrected chi connectivity index (χ4v) is 2.51. The Morgan fingerprint density at radius 3 is 2.47 bits per heavy atom. The van der Waals surface area contributed by atoms with Gasteiger partial charge in [-0.1, -0.05) is 29.8 Å². The van der Waals surface area contributed by atoms with E-state index in [4.69, 9.17) is 0 Å². The van der Waals surface area contributed by atoms with Gasteiger partial charge >= 0.3 is 0 Å². The van der Waals surface area contributed by atoms with Crippen molar-refractivity contribution in [2.45, 2.75) is 26.2 Å². The minimum Gasteiger partial charge on any atom is -0.396 e. The molecule has 0 fully saturated rings. The number of thiazole rings is 1. The molecule has 1 aromatic carbocycles. The van der Waals surface area contributed by atoms with Crippen LogP contribution in [0.3, 0.4) is 0 Å². The molecule has 1 unspecified atom stereocenters. The summed E-state index contributed by atoms with van der Waals surface area (Å²) in [6.07, 6.45) is 0.809. The second-order valence-corrected chi connectivity index (χ2v) is 5.41. The molecule has 1 heterocycles. The normalized spacial score (nSPS) is 12.6. The van der Waals surface area contributed by atoms with Gasteiger partial charge in [0.15, 0.2) is 0 Å².